The maximum Gasteiger partial charge on any atom is 0.415 e. The average Bonchev–Trinajstić information content (AvgIpc) is 3.21. The Hall–Kier alpha value is -2.71. The predicted molar refractivity (Wildman–Crippen MR) is 92.2 cm³/mol. The Morgan fingerprint density at radius 2 is 2.16 bits per heavy atom. The van der Waals surface area contributed by atoms with Gasteiger partial charge in [-0.15, -0.1) is 0 Å². The van der Waals surface area contributed by atoms with Crippen LogP contribution in [0.5, 0.6) is 0 Å². The highest BCUT2D eigenvalue weighted by Crippen LogP contribution is 2.26. The van der Waals surface area contributed by atoms with E-state index in [1.54, 1.807) is 17.2 Å². The third-order valence-corrected chi connectivity index (χ3v) is 4.24. The standard InChI is InChI=1S/C16H23N7O2/c1-5-22-14(18-9-19-22)11(4)20-15-17-7-6-13(21-15)23-12(10(2)3)8-25-16(23)24/h6-7,9-12H,5,8H2,1-4H3,(H,17,20,21)/t11?,12-/m1/s1. The van der Waals surface area contributed by atoms with Gasteiger partial charge in [0.25, 0.3) is 0 Å². The largest absolute Gasteiger partial charge is 0.447 e. The lowest BCUT2D eigenvalue weighted by Gasteiger charge is -2.23. The highest BCUT2D eigenvalue weighted by Gasteiger charge is 2.37. The molecule has 0 bridgehead atoms. The summed E-state index contributed by atoms with van der Waals surface area (Å²) in [6.45, 7) is 9.19. The molecule has 1 saturated heterocycles. The first-order valence-electron chi connectivity index (χ1n) is 8.44. The normalized spacial score (nSPS) is 18.5. The van der Waals surface area contributed by atoms with Gasteiger partial charge in [0.1, 0.15) is 24.6 Å². The van der Waals surface area contributed by atoms with Gasteiger partial charge in [-0.3, -0.25) is 4.90 Å². The van der Waals surface area contributed by atoms with Crippen LogP contribution in [-0.4, -0.2) is 43.5 Å². The Morgan fingerprint density at radius 1 is 1.36 bits per heavy atom. The van der Waals surface area contributed by atoms with Gasteiger partial charge in [-0.05, 0) is 25.8 Å². The second-order valence-corrected chi connectivity index (χ2v) is 6.30. The van der Waals surface area contributed by atoms with Crippen molar-refractivity contribution in [2.45, 2.75) is 46.3 Å². The molecule has 9 heteroatoms. The van der Waals surface area contributed by atoms with Gasteiger partial charge >= 0.3 is 6.09 Å². The van der Waals surface area contributed by atoms with Gasteiger partial charge in [0, 0.05) is 12.7 Å². The van der Waals surface area contributed by atoms with Crippen molar-refractivity contribution in [1.82, 2.24) is 24.7 Å². The number of nitrogens with zero attached hydrogens (tertiary/aromatic N) is 6. The van der Waals surface area contributed by atoms with E-state index in [9.17, 15) is 4.79 Å². The van der Waals surface area contributed by atoms with Crippen LogP contribution in [0.15, 0.2) is 18.6 Å². The highest BCUT2D eigenvalue weighted by atomic mass is 16.6. The number of anilines is 2. The minimum atomic E-state index is -0.373. The topological polar surface area (TPSA) is 98.1 Å². The van der Waals surface area contributed by atoms with Crippen molar-refractivity contribution in [1.29, 1.82) is 0 Å². The second kappa shape index (κ2) is 7.04. The molecule has 3 rings (SSSR count). The van der Waals surface area contributed by atoms with Crippen molar-refractivity contribution in [3.63, 3.8) is 0 Å². The Kier molecular flexibility index (Phi) is 4.82. The first kappa shape index (κ1) is 17.1. The number of hydrogen-bond donors (Lipinski definition) is 1. The average molecular weight is 345 g/mol. The van der Waals surface area contributed by atoms with E-state index in [1.165, 1.54) is 6.33 Å². The van der Waals surface area contributed by atoms with Crippen LogP contribution in [0.2, 0.25) is 0 Å². The van der Waals surface area contributed by atoms with Crippen LogP contribution in [0.4, 0.5) is 16.6 Å². The van der Waals surface area contributed by atoms with Crippen LogP contribution in [-0.2, 0) is 11.3 Å². The van der Waals surface area contributed by atoms with Gasteiger partial charge < -0.3 is 10.1 Å². The molecule has 2 aromatic heterocycles. The zero-order valence-electron chi connectivity index (χ0n) is 14.9. The van der Waals surface area contributed by atoms with E-state index in [2.05, 4.69) is 39.2 Å². The summed E-state index contributed by atoms with van der Waals surface area (Å²) in [5.74, 6) is 2.03. The summed E-state index contributed by atoms with van der Waals surface area (Å²) in [7, 11) is 0. The molecule has 0 saturated carbocycles. The number of cyclic esters (lactones) is 1. The lowest BCUT2D eigenvalue weighted by atomic mass is 10.0. The molecule has 1 fully saturated rings. The van der Waals surface area contributed by atoms with Crippen molar-refractivity contribution < 1.29 is 9.53 Å². The first-order valence-corrected chi connectivity index (χ1v) is 8.44. The molecule has 0 aliphatic carbocycles. The summed E-state index contributed by atoms with van der Waals surface area (Å²) in [6, 6.07) is 1.56. The SMILES string of the molecule is CCn1ncnc1C(C)Nc1nccc(N2C(=O)OC[C@@H]2C(C)C)n1. The summed E-state index contributed by atoms with van der Waals surface area (Å²) in [6.07, 6.45) is 2.79. The maximum atomic E-state index is 12.1. The molecular weight excluding hydrogens is 322 g/mol. The summed E-state index contributed by atoms with van der Waals surface area (Å²) in [5.41, 5.74) is 0. The lowest BCUT2D eigenvalue weighted by molar-refractivity contribution is 0.177. The minimum Gasteiger partial charge on any atom is -0.447 e. The third kappa shape index (κ3) is 3.40. The van der Waals surface area contributed by atoms with Crippen LogP contribution in [0.1, 0.15) is 39.6 Å². The van der Waals surface area contributed by atoms with E-state index in [0.717, 1.165) is 12.4 Å². The van der Waals surface area contributed by atoms with Crippen molar-refractivity contribution >= 4 is 17.9 Å². The monoisotopic (exact) mass is 345 g/mol. The van der Waals surface area contributed by atoms with Gasteiger partial charge in [0.15, 0.2) is 0 Å². The molecule has 2 aromatic rings. The Bertz CT molecular complexity index is 746. The summed E-state index contributed by atoms with van der Waals surface area (Å²) >= 11 is 0. The fourth-order valence-electron chi connectivity index (χ4n) is 2.85. The maximum absolute atomic E-state index is 12.1. The van der Waals surface area contributed by atoms with Crippen LogP contribution in [0, 0.1) is 5.92 Å². The summed E-state index contributed by atoms with van der Waals surface area (Å²) < 4.78 is 7.00. The fourth-order valence-corrected chi connectivity index (χ4v) is 2.85. The molecule has 3 heterocycles. The molecule has 25 heavy (non-hydrogen) atoms. The highest BCUT2D eigenvalue weighted by molar-refractivity contribution is 5.89. The zero-order chi connectivity index (χ0) is 18.0. The van der Waals surface area contributed by atoms with Crippen LogP contribution in [0.25, 0.3) is 0 Å². The number of hydrogen-bond acceptors (Lipinski definition) is 7. The number of amides is 1. The van der Waals surface area contributed by atoms with Gasteiger partial charge in [-0.1, -0.05) is 13.8 Å². The van der Waals surface area contributed by atoms with Gasteiger partial charge in [-0.2, -0.15) is 10.1 Å². The Morgan fingerprint density at radius 3 is 2.88 bits per heavy atom. The number of rotatable bonds is 6. The first-order chi connectivity index (χ1) is 12.0. The third-order valence-electron chi connectivity index (χ3n) is 4.24. The molecule has 1 unspecified atom stereocenters. The van der Waals surface area contributed by atoms with Crippen molar-refractivity contribution in [2.24, 2.45) is 5.92 Å². The van der Waals surface area contributed by atoms with Crippen molar-refractivity contribution in [3.8, 4) is 0 Å². The zero-order valence-corrected chi connectivity index (χ0v) is 14.9. The molecule has 0 spiro atoms. The number of aryl methyl sites for hydroxylation is 1. The van der Waals surface area contributed by atoms with Crippen LogP contribution in [0.3, 0.4) is 0 Å². The van der Waals surface area contributed by atoms with E-state index >= 15 is 0 Å². The molecule has 1 amide bonds. The van der Waals surface area contributed by atoms with E-state index in [0.29, 0.717) is 18.4 Å². The van der Waals surface area contributed by atoms with E-state index in [-0.39, 0.29) is 24.1 Å². The summed E-state index contributed by atoms with van der Waals surface area (Å²) in [5, 5.41) is 7.39. The molecule has 1 aliphatic rings. The van der Waals surface area contributed by atoms with E-state index < -0.39 is 0 Å². The van der Waals surface area contributed by atoms with Gasteiger partial charge in [-0.25, -0.2) is 19.4 Å². The number of carbonyl (C=O) groups is 1. The number of carbonyl (C=O) groups excluding carboxylic acids is 1. The molecule has 2 atom stereocenters. The van der Waals surface area contributed by atoms with Crippen LogP contribution < -0.4 is 10.2 Å². The van der Waals surface area contributed by atoms with E-state index in [1.807, 2.05) is 18.5 Å². The Labute approximate surface area is 146 Å². The smallest absolute Gasteiger partial charge is 0.415 e. The molecule has 0 radical (unpaired) electrons. The summed E-state index contributed by atoms with van der Waals surface area (Å²) in [4.78, 5) is 26.7. The Balaban J connectivity index is 1.81. The molecule has 134 valence electrons. The lowest BCUT2D eigenvalue weighted by Crippen LogP contribution is -2.37. The van der Waals surface area contributed by atoms with Crippen LogP contribution >= 0.6 is 0 Å². The number of nitrogens with one attached hydrogen (secondary N) is 1. The van der Waals surface area contributed by atoms with Gasteiger partial charge in [0.05, 0.1) is 12.1 Å². The molecule has 0 aromatic carbocycles. The molecule has 1 N–H and O–H groups in total. The molecular formula is C16H23N7O2. The molecule has 9 nitrogen and oxygen atoms in total. The molecule has 1 aliphatic heterocycles. The van der Waals surface area contributed by atoms with Crippen molar-refractivity contribution in [3.05, 3.63) is 24.4 Å². The minimum absolute atomic E-state index is 0.0316. The quantitative estimate of drug-likeness (QED) is 0.857. The second-order valence-electron chi connectivity index (χ2n) is 6.30. The van der Waals surface area contributed by atoms with E-state index in [4.69, 9.17) is 4.74 Å². The number of ether oxygens (including phenoxy) is 1. The predicted octanol–water partition coefficient (Wildman–Crippen LogP) is 2.24. The fraction of sp³-hybridized carbons (Fsp3) is 0.562. The number of aromatic nitrogens is 5. The van der Waals surface area contributed by atoms with Gasteiger partial charge in [0.2, 0.25) is 5.95 Å². The van der Waals surface area contributed by atoms with Crippen molar-refractivity contribution in [2.75, 3.05) is 16.8 Å².